The Morgan fingerprint density at radius 1 is 2.00 bits per heavy atom. The normalized spacial score (nSPS) is 9.67. The van der Waals surface area contributed by atoms with Crippen molar-refractivity contribution in [1.29, 1.82) is 0 Å². The topological polar surface area (TPSA) is 21.6 Å². The van der Waals surface area contributed by atoms with E-state index >= 15 is 0 Å². The van der Waals surface area contributed by atoms with Gasteiger partial charge in [-0.3, -0.25) is 0 Å². The molecular weight excluding hydrogens is 146 g/mol. The van der Waals surface area contributed by atoms with Crippen LogP contribution in [0.5, 0.6) is 0 Å². The zero-order valence-electron chi connectivity index (χ0n) is 3.52. The van der Waals surface area contributed by atoms with Gasteiger partial charge in [-0.05, 0) is 0 Å². The number of alkyl halides is 1. The van der Waals surface area contributed by atoms with E-state index in [2.05, 4.69) is 25.9 Å². The van der Waals surface area contributed by atoms with Gasteiger partial charge in [0.25, 0.3) is 0 Å². The highest BCUT2D eigenvalue weighted by Crippen LogP contribution is 1.72. The molecule has 0 amide bonds. The number of halogens is 1. The van der Waals surface area contributed by atoms with Gasteiger partial charge in [0, 0.05) is 5.33 Å². The lowest BCUT2D eigenvalue weighted by Crippen LogP contribution is -1.72. The van der Waals surface area contributed by atoms with Crippen molar-refractivity contribution in [3.8, 4) is 0 Å². The first-order chi connectivity index (χ1) is 2.91. The lowest BCUT2D eigenvalue weighted by molar-refractivity contribution is 0.215. The summed E-state index contributed by atoms with van der Waals surface area (Å²) in [6.45, 7) is 0. The fraction of sp³-hybridized carbons (Fsp3) is 0.667. The molecule has 0 saturated heterocycles. The van der Waals surface area contributed by atoms with Crippen LogP contribution in [0.2, 0.25) is 0 Å². The summed E-state index contributed by atoms with van der Waals surface area (Å²) in [6, 6.07) is 0. The third-order valence-corrected chi connectivity index (χ3v) is 0.539. The maximum absolute atomic E-state index is 4.32. The van der Waals surface area contributed by atoms with Crippen LogP contribution in [0, 0.1) is 0 Å². The molecule has 0 heterocycles. The maximum Gasteiger partial charge on any atom is 0.106 e. The molecule has 0 aliphatic carbocycles. The Bertz CT molecular complexity index is 40.1. The van der Waals surface area contributed by atoms with Crippen molar-refractivity contribution in [3.05, 3.63) is 0 Å². The molecule has 0 radical (unpaired) electrons. The Morgan fingerprint density at radius 2 is 2.67 bits per heavy atom. The Balaban J connectivity index is 2.73. The van der Waals surface area contributed by atoms with E-state index < -0.39 is 0 Å². The summed E-state index contributed by atoms with van der Waals surface area (Å²) in [5.74, 6) is 0. The smallest absolute Gasteiger partial charge is 0.106 e. The van der Waals surface area contributed by atoms with Crippen LogP contribution in [-0.2, 0) is 4.84 Å². The summed E-state index contributed by atoms with van der Waals surface area (Å²) in [7, 11) is 1.51. The van der Waals surface area contributed by atoms with Gasteiger partial charge in [0.1, 0.15) is 7.11 Å². The molecule has 3 heteroatoms. The first kappa shape index (κ1) is 5.95. The highest BCUT2D eigenvalue weighted by Gasteiger charge is 1.61. The molecule has 0 aromatic heterocycles. The van der Waals surface area contributed by atoms with Gasteiger partial charge in [-0.2, -0.15) is 0 Å². The van der Waals surface area contributed by atoms with Crippen LogP contribution in [0.3, 0.4) is 0 Å². The Hall–Kier alpha value is -0.0500. The van der Waals surface area contributed by atoms with Gasteiger partial charge in [-0.25, -0.2) is 0 Å². The van der Waals surface area contributed by atoms with Crippen LogP contribution in [0.15, 0.2) is 5.16 Å². The van der Waals surface area contributed by atoms with Gasteiger partial charge in [-0.15, -0.1) is 0 Å². The molecule has 0 aliphatic heterocycles. The number of nitrogens with zero attached hydrogens (tertiary/aromatic N) is 1. The SMILES string of the molecule is CO/N=C/CBr. The fourth-order valence-electron chi connectivity index (χ4n) is 0.103. The quantitative estimate of drug-likeness (QED) is 0.328. The van der Waals surface area contributed by atoms with Crippen LogP contribution < -0.4 is 0 Å². The standard InChI is InChI=1S/C3H6BrNO/c1-6-5-3-2-4/h3H,2H2,1H3/b5-3+. The predicted octanol–water partition coefficient (Wildman–Crippen LogP) is 1.01. The summed E-state index contributed by atoms with van der Waals surface area (Å²) in [5.41, 5.74) is 0. The Labute approximate surface area is 45.3 Å². The van der Waals surface area contributed by atoms with E-state index in [0.717, 1.165) is 5.33 Å². The van der Waals surface area contributed by atoms with E-state index in [1.54, 1.807) is 6.21 Å². The molecule has 0 fully saturated rings. The first-order valence-corrected chi connectivity index (χ1v) is 2.65. The summed E-state index contributed by atoms with van der Waals surface area (Å²) in [6.07, 6.45) is 1.62. The molecular formula is C3H6BrNO. The molecule has 0 unspecified atom stereocenters. The molecule has 0 aromatic rings. The minimum Gasteiger partial charge on any atom is -0.399 e. The molecule has 0 spiro atoms. The molecule has 6 heavy (non-hydrogen) atoms. The molecule has 0 rings (SSSR count). The van der Waals surface area contributed by atoms with E-state index in [1.165, 1.54) is 7.11 Å². The minimum atomic E-state index is 0.751. The van der Waals surface area contributed by atoms with E-state index in [0.29, 0.717) is 0 Å². The van der Waals surface area contributed by atoms with Crippen molar-refractivity contribution in [2.75, 3.05) is 12.4 Å². The predicted molar refractivity (Wildman–Crippen MR) is 29.3 cm³/mol. The van der Waals surface area contributed by atoms with Crippen molar-refractivity contribution in [2.24, 2.45) is 5.16 Å². The van der Waals surface area contributed by atoms with E-state index in [4.69, 9.17) is 0 Å². The van der Waals surface area contributed by atoms with Crippen molar-refractivity contribution in [3.63, 3.8) is 0 Å². The molecule has 0 aliphatic rings. The summed E-state index contributed by atoms with van der Waals surface area (Å²) in [5, 5.41) is 4.17. The van der Waals surface area contributed by atoms with Crippen LogP contribution >= 0.6 is 15.9 Å². The fourth-order valence-corrected chi connectivity index (χ4v) is 0.221. The molecule has 0 saturated carbocycles. The molecule has 0 bridgehead atoms. The second-order valence-electron chi connectivity index (χ2n) is 0.625. The summed E-state index contributed by atoms with van der Waals surface area (Å²) >= 11 is 3.12. The van der Waals surface area contributed by atoms with Crippen LogP contribution in [0.4, 0.5) is 0 Å². The minimum absolute atomic E-state index is 0.751. The van der Waals surface area contributed by atoms with Crippen LogP contribution in [0.25, 0.3) is 0 Å². The summed E-state index contributed by atoms with van der Waals surface area (Å²) < 4.78 is 0. The van der Waals surface area contributed by atoms with Crippen LogP contribution in [-0.4, -0.2) is 18.7 Å². The largest absolute Gasteiger partial charge is 0.399 e. The lowest BCUT2D eigenvalue weighted by Gasteiger charge is -1.77. The first-order valence-electron chi connectivity index (χ1n) is 1.52. The average Bonchev–Trinajstić information content (AvgIpc) is 1.61. The third kappa shape index (κ3) is 3.95. The Morgan fingerprint density at radius 3 is 2.83 bits per heavy atom. The van der Waals surface area contributed by atoms with Crippen molar-refractivity contribution in [2.45, 2.75) is 0 Å². The van der Waals surface area contributed by atoms with Gasteiger partial charge < -0.3 is 4.84 Å². The highest BCUT2D eigenvalue weighted by molar-refractivity contribution is 9.09. The van der Waals surface area contributed by atoms with Crippen LogP contribution in [0.1, 0.15) is 0 Å². The van der Waals surface area contributed by atoms with E-state index in [-0.39, 0.29) is 0 Å². The Kier molecular flexibility index (Phi) is 4.91. The number of hydrogen-bond donors (Lipinski definition) is 0. The molecule has 0 aromatic carbocycles. The lowest BCUT2D eigenvalue weighted by atomic mass is 10.9. The zero-order valence-corrected chi connectivity index (χ0v) is 5.10. The van der Waals surface area contributed by atoms with E-state index in [1.807, 2.05) is 0 Å². The second kappa shape index (κ2) is 4.95. The number of rotatable bonds is 2. The molecule has 36 valence electrons. The zero-order chi connectivity index (χ0) is 4.83. The van der Waals surface area contributed by atoms with E-state index in [9.17, 15) is 0 Å². The average molecular weight is 152 g/mol. The highest BCUT2D eigenvalue weighted by atomic mass is 79.9. The van der Waals surface area contributed by atoms with Gasteiger partial charge >= 0.3 is 0 Å². The summed E-state index contributed by atoms with van der Waals surface area (Å²) in [4.78, 5) is 4.32. The molecule has 0 atom stereocenters. The third-order valence-electron chi connectivity index (χ3n) is 0.249. The van der Waals surface area contributed by atoms with Gasteiger partial charge in [0.15, 0.2) is 0 Å². The number of oxime groups is 1. The molecule has 0 N–H and O–H groups in total. The van der Waals surface area contributed by atoms with Gasteiger partial charge in [0.2, 0.25) is 0 Å². The van der Waals surface area contributed by atoms with Crippen molar-refractivity contribution < 1.29 is 4.84 Å². The van der Waals surface area contributed by atoms with Gasteiger partial charge in [-0.1, -0.05) is 21.1 Å². The second-order valence-corrected chi connectivity index (χ2v) is 1.27. The monoisotopic (exact) mass is 151 g/mol. The maximum atomic E-state index is 4.32. The number of hydrogen-bond acceptors (Lipinski definition) is 2. The molecule has 2 nitrogen and oxygen atoms in total. The van der Waals surface area contributed by atoms with Gasteiger partial charge in [0.05, 0.1) is 6.21 Å². The van der Waals surface area contributed by atoms with Crippen molar-refractivity contribution in [1.82, 2.24) is 0 Å². The van der Waals surface area contributed by atoms with Crippen molar-refractivity contribution >= 4 is 22.1 Å².